The predicted molar refractivity (Wildman–Crippen MR) is 135 cm³/mol. The molecule has 1 aromatic heterocycles. The molecule has 0 amide bonds. The Morgan fingerprint density at radius 2 is 1.25 bits per heavy atom. The molecule has 0 unspecified atom stereocenters. The zero-order chi connectivity index (χ0) is 21.8. The van der Waals surface area contributed by atoms with Crippen LogP contribution in [0.25, 0.3) is 21.8 Å². The Hall–Kier alpha value is -2.98. The summed E-state index contributed by atoms with van der Waals surface area (Å²) in [5.41, 5.74) is 3.95. The van der Waals surface area contributed by atoms with Gasteiger partial charge in [-0.25, -0.2) is 0 Å². The predicted octanol–water partition coefficient (Wildman–Crippen LogP) is 5.80. The maximum atomic E-state index is 5.54. The number of anilines is 1. The Morgan fingerprint density at radius 1 is 0.656 bits per heavy atom. The van der Waals surface area contributed by atoms with Gasteiger partial charge in [-0.05, 0) is 43.7 Å². The molecule has 0 aliphatic carbocycles. The fourth-order valence-corrected chi connectivity index (χ4v) is 5.13. The van der Waals surface area contributed by atoms with Gasteiger partial charge in [-0.1, -0.05) is 55.0 Å². The number of unbranched alkanes of at least 4 members (excludes halogenated alkanes) is 2. The van der Waals surface area contributed by atoms with Gasteiger partial charge in [0.15, 0.2) is 0 Å². The molecule has 3 aromatic carbocycles. The van der Waals surface area contributed by atoms with Crippen LogP contribution in [0.1, 0.15) is 19.3 Å². The fraction of sp³-hybridized carbons (Fsp3) is 0.357. The Kier molecular flexibility index (Phi) is 6.31. The molecule has 1 saturated heterocycles. The summed E-state index contributed by atoms with van der Waals surface area (Å²) in [7, 11) is 1.76. The molecule has 4 heteroatoms. The van der Waals surface area contributed by atoms with Crippen molar-refractivity contribution in [2.75, 3.05) is 44.7 Å². The number of hydrogen-bond acceptors (Lipinski definition) is 3. The summed E-state index contributed by atoms with van der Waals surface area (Å²) in [5, 5.41) is 2.74. The molecule has 0 spiro atoms. The molecule has 1 aliphatic rings. The van der Waals surface area contributed by atoms with Crippen LogP contribution in [0.5, 0.6) is 5.75 Å². The van der Waals surface area contributed by atoms with Crippen molar-refractivity contribution < 1.29 is 4.74 Å². The molecule has 5 rings (SSSR count). The Balaban J connectivity index is 1.11. The third kappa shape index (κ3) is 4.20. The van der Waals surface area contributed by atoms with Crippen LogP contribution in [-0.4, -0.2) is 49.3 Å². The molecule has 0 saturated carbocycles. The molecule has 1 aliphatic heterocycles. The van der Waals surface area contributed by atoms with Crippen LogP contribution < -0.4 is 9.64 Å². The Labute approximate surface area is 191 Å². The highest BCUT2D eigenvalue weighted by atomic mass is 16.5. The topological polar surface area (TPSA) is 20.6 Å². The van der Waals surface area contributed by atoms with Crippen molar-refractivity contribution in [1.82, 2.24) is 9.47 Å². The standard InChI is InChI=1S/C28H33N3O/c1-32-28-16-8-7-15-27(28)30-21-19-29(20-22-30)17-9-2-10-18-31-25-13-5-3-11-23(25)24-12-4-6-14-26(24)31/h3-8,11-16H,2,9-10,17-22H2,1H3. The van der Waals surface area contributed by atoms with Crippen LogP contribution in [-0.2, 0) is 6.54 Å². The van der Waals surface area contributed by atoms with E-state index < -0.39 is 0 Å². The molecule has 2 heterocycles. The van der Waals surface area contributed by atoms with E-state index in [2.05, 4.69) is 81.1 Å². The molecule has 4 aromatic rings. The third-order valence-corrected chi connectivity index (χ3v) is 6.83. The van der Waals surface area contributed by atoms with Gasteiger partial charge in [0.2, 0.25) is 0 Å². The number of aryl methyl sites for hydroxylation is 1. The van der Waals surface area contributed by atoms with E-state index in [4.69, 9.17) is 4.74 Å². The van der Waals surface area contributed by atoms with Crippen LogP contribution in [0, 0.1) is 0 Å². The molecular formula is C28H33N3O. The number of hydrogen-bond donors (Lipinski definition) is 0. The van der Waals surface area contributed by atoms with Gasteiger partial charge in [-0.2, -0.15) is 0 Å². The normalized spacial score (nSPS) is 15.0. The van der Waals surface area contributed by atoms with Gasteiger partial charge in [0.1, 0.15) is 5.75 Å². The van der Waals surface area contributed by atoms with Gasteiger partial charge in [-0.15, -0.1) is 0 Å². The number of rotatable bonds is 8. The number of nitrogens with zero attached hydrogens (tertiary/aromatic N) is 3. The first kappa shape index (κ1) is 20.9. The summed E-state index contributed by atoms with van der Waals surface area (Å²) in [4.78, 5) is 5.07. The van der Waals surface area contributed by atoms with Crippen LogP contribution >= 0.6 is 0 Å². The molecule has 166 valence electrons. The number of para-hydroxylation sites is 4. The summed E-state index contributed by atoms with van der Waals surface area (Å²) >= 11 is 0. The maximum Gasteiger partial charge on any atom is 0.142 e. The van der Waals surface area contributed by atoms with E-state index in [1.807, 2.05) is 6.07 Å². The minimum absolute atomic E-state index is 0.978. The summed E-state index contributed by atoms with van der Waals surface area (Å²) < 4.78 is 8.05. The lowest BCUT2D eigenvalue weighted by molar-refractivity contribution is 0.251. The minimum atomic E-state index is 0.978. The Morgan fingerprint density at radius 3 is 1.94 bits per heavy atom. The number of ether oxygens (including phenoxy) is 1. The van der Waals surface area contributed by atoms with Crippen molar-refractivity contribution in [2.24, 2.45) is 0 Å². The lowest BCUT2D eigenvalue weighted by Crippen LogP contribution is -2.46. The number of methoxy groups -OCH3 is 1. The molecule has 0 bridgehead atoms. The van der Waals surface area contributed by atoms with Crippen molar-refractivity contribution in [3.8, 4) is 5.75 Å². The van der Waals surface area contributed by atoms with Gasteiger partial charge >= 0.3 is 0 Å². The van der Waals surface area contributed by atoms with E-state index in [9.17, 15) is 0 Å². The maximum absolute atomic E-state index is 5.54. The smallest absolute Gasteiger partial charge is 0.142 e. The first-order chi connectivity index (χ1) is 15.8. The largest absolute Gasteiger partial charge is 0.495 e. The molecule has 4 nitrogen and oxygen atoms in total. The van der Waals surface area contributed by atoms with Gasteiger partial charge in [0, 0.05) is 54.5 Å². The highest BCUT2D eigenvalue weighted by Crippen LogP contribution is 2.30. The molecule has 1 fully saturated rings. The van der Waals surface area contributed by atoms with Gasteiger partial charge in [0.05, 0.1) is 12.8 Å². The second-order valence-electron chi connectivity index (χ2n) is 8.75. The first-order valence-electron chi connectivity index (χ1n) is 11.9. The minimum Gasteiger partial charge on any atom is -0.495 e. The molecule has 0 atom stereocenters. The quantitative estimate of drug-likeness (QED) is 0.332. The second-order valence-corrected chi connectivity index (χ2v) is 8.75. The zero-order valence-corrected chi connectivity index (χ0v) is 19.0. The number of benzene rings is 3. The highest BCUT2D eigenvalue weighted by molar-refractivity contribution is 6.07. The molecule has 32 heavy (non-hydrogen) atoms. The SMILES string of the molecule is COc1ccccc1N1CCN(CCCCCn2c3ccccc3c3ccccc32)CC1. The first-order valence-corrected chi connectivity index (χ1v) is 11.9. The van der Waals surface area contributed by atoms with Crippen molar-refractivity contribution in [2.45, 2.75) is 25.8 Å². The van der Waals surface area contributed by atoms with Crippen LogP contribution in [0.2, 0.25) is 0 Å². The van der Waals surface area contributed by atoms with E-state index >= 15 is 0 Å². The summed E-state index contributed by atoms with van der Waals surface area (Å²) in [5.74, 6) is 0.978. The van der Waals surface area contributed by atoms with Gasteiger partial charge in [0.25, 0.3) is 0 Å². The summed E-state index contributed by atoms with van der Waals surface area (Å²) in [6.45, 7) is 6.70. The Bertz CT molecular complexity index is 1120. The lowest BCUT2D eigenvalue weighted by atomic mass is 10.2. The molecule has 0 radical (unpaired) electrons. The second kappa shape index (κ2) is 9.66. The highest BCUT2D eigenvalue weighted by Gasteiger charge is 2.19. The van der Waals surface area contributed by atoms with Crippen molar-refractivity contribution in [3.05, 3.63) is 72.8 Å². The van der Waals surface area contributed by atoms with E-state index in [0.29, 0.717) is 0 Å². The van der Waals surface area contributed by atoms with E-state index in [1.54, 1.807) is 7.11 Å². The third-order valence-electron chi connectivity index (χ3n) is 6.83. The fourth-order valence-electron chi connectivity index (χ4n) is 5.13. The average Bonchev–Trinajstić information content (AvgIpc) is 3.18. The van der Waals surface area contributed by atoms with Crippen LogP contribution in [0.3, 0.4) is 0 Å². The number of aromatic nitrogens is 1. The lowest BCUT2D eigenvalue weighted by Gasteiger charge is -2.36. The van der Waals surface area contributed by atoms with Crippen molar-refractivity contribution >= 4 is 27.5 Å². The zero-order valence-electron chi connectivity index (χ0n) is 19.0. The molecule has 0 N–H and O–H groups in total. The molecular weight excluding hydrogens is 394 g/mol. The van der Waals surface area contributed by atoms with E-state index in [0.717, 1.165) is 38.5 Å². The van der Waals surface area contributed by atoms with Crippen LogP contribution in [0.4, 0.5) is 5.69 Å². The van der Waals surface area contributed by atoms with Gasteiger partial charge < -0.3 is 14.2 Å². The summed E-state index contributed by atoms with van der Waals surface area (Å²) in [6, 6.07) is 26.0. The van der Waals surface area contributed by atoms with Gasteiger partial charge in [-0.3, -0.25) is 4.90 Å². The number of fused-ring (bicyclic) bond motifs is 3. The average molecular weight is 428 g/mol. The van der Waals surface area contributed by atoms with E-state index in [1.165, 1.54) is 53.3 Å². The van der Waals surface area contributed by atoms with Crippen molar-refractivity contribution in [1.29, 1.82) is 0 Å². The summed E-state index contributed by atoms with van der Waals surface area (Å²) in [6.07, 6.45) is 3.77. The van der Waals surface area contributed by atoms with E-state index in [-0.39, 0.29) is 0 Å². The van der Waals surface area contributed by atoms with Crippen molar-refractivity contribution in [3.63, 3.8) is 0 Å². The number of piperazine rings is 1. The monoisotopic (exact) mass is 427 g/mol. The van der Waals surface area contributed by atoms with Crippen LogP contribution in [0.15, 0.2) is 72.8 Å².